The molecular formula is C22H22FN3O3S2. The molecule has 0 radical (unpaired) electrons. The van der Waals surface area contributed by atoms with Crippen LogP contribution in [0.3, 0.4) is 0 Å². The van der Waals surface area contributed by atoms with Gasteiger partial charge in [0.1, 0.15) is 16.5 Å². The number of nitrogens with zero attached hydrogens (tertiary/aromatic N) is 2. The average molecular weight is 460 g/mol. The summed E-state index contributed by atoms with van der Waals surface area (Å²) in [5, 5.41) is 4.17. The second-order valence-electron chi connectivity index (χ2n) is 7.93. The van der Waals surface area contributed by atoms with Crippen LogP contribution in [0.25, 0.3) is 10.9 Å². The minimum atomic E-state index is -0.509. The van der Waals surface area contributed by atoms with Crippen LogP contribution in [0.2, 0.25) is 0 Å². The van der Waals surface area contributed by atoms with E-state index in [-0.39, 0.29) is 28.3 Å². The van der Waals surface area contributed by atoms with E-state index in [0.717, 1.165) is 31.0 Å². The van der Waals surface area contributed by atoms with E-state index in [1.54, 1.807) is 19.1 Å². The largest absolute Gasteiger partial charge is 0.494 e. The number of piperidine rings is 1. The van der Waals surface area contributed by atoms with Crippen molar-refractivity contribution < 1.29 is 18.7 Å². The van der Waals surface area contributed by atoms with E-state index in [0.29, 0.717) is 27.2 Å². The van der Waals surface area contributed by atoms with Crippen molar-refractivity contribution in [3.05, 3.63) is 45.7 Å². The van der Waals surface area contributed by atoms with Gasteiger partial charge in [0, 0.05) is 18.0 Å². The van der Waals surface area contributed by atoms with Gasteiger partial charge in [-0.25, -0.2) is 14.4 Å². The maximum absolute atomic E-state index is 14.9. The molecule has 2 aliphatic rings. The summed E-state index contributed by atoms with van der Waals surface area (Å²) >= 11 is 2.72. The molecule has 3 aromatic rings. The lowest BCUT2D eigenvalue weighted by Gasteiger charge is -2.31. The van der Waals surface area contributed by atoms with Crippen molar-refractivity contribution in [3.63, 3.8) is 0 Å². The molecule has 2 bridgehead atoms. The van der Waals surface area contributed by atoms with Crippen LogP contribution in [0.15, 0.2) is 29.3 Å². The fraction of sp³-hybridized carbons (Fsp3) is 0.409. The Bertz CT molecular complexity index is 1160. The van der Waals surface area contributed by atoms with Crippen LogP contribution in [0, 0.1) is 18.7 Å². The first-order valence-electron chi connectivity index (χ1n) is 10.1. The molecule has 1 aromatic carbocycles. The number of thioether (sulfide) groups is 1. The van der Waals surface area contributed by atoms with Gasteiger partial charge in [-0.15, -0.1) is 11.3 Å². The molecule has 0 unspecified atom stereocenters. The molecule has 0 amide bonds. The van der Waals surface area contributed by atoms with Gasteiger partial charge in [0.05, 0.1) is 35.2 Å². The Hall–Kier alpha value is -2.07. The predicted octanol–water partition coefficient (Wildman–Crippen LogP) is 3.96. The van der Waals surface area contributed by atoms with Crippen molar-refractivity contribution in [2.24, 2.45) is 5.92 Å². The second-order valence-corrected chi connectivity index (χ2v) is 9.98. The summed E-state index contributed by atoms with van der Waals surface area (Å²) in [5.41, 5.74) is 0.190. The van der Waals surface area contributed by atoms with Crippen molar-refractivity contribution >= 4 is 39.8 Å². The molecule has 5 rings (SSSR count). The Labute approximate surface area is 187 Å². The van der Waals surface area contributed by atoms with E-state index in [1.165, 1.54) is 30.2 Å². The second kappa shape index (κ2) is 8.12. The number of aryl methyl sites for hydroxylation is 1. The minimum absolute atomic E-state index is 0.0105. The highest BCUT2D eigenvalue weighted by Crippen LogP contribution is 2.44. The number of hydrogen-bond donors (Lipinski definition) is 1. The summed E-state index contributed by atoms with van der Waals surface area (Å²) in [6.45, 7) is 4.29. The molecular weight excluding hydrogens is 437 g/mol. The smallest absolute Gasteiger partial charge is 0.183 e. The number of benzene rings is 1. The van der Waals surface area contributed by atoms with Crippen molar-refractivity contribution in [1.29, 1.82) is 0 Å². The number of thiophene rings is 1. The summed E-state index contributed by atoms with van der Waals surface area (Å²) in [7, 11) is 1.42. The Morgan fingerprint density at radius 2 is 2.26 bits per heavy atom. The third kappa shape index (κ3) is 3.73. The maximum Gasteiger partial charge on any atom is 0.183 e. The average Bonchev–Trinajstić information content (AvgIpc) is 3.37. The first-order chi connectivity index (χ1) is 15.0. The lowest BCUT2D eigenvalue weighted by atomic mass is 9.89. The van der Waals surface area contributed by atoms with Gasteiger partial charge in [-0.05, 0) is 43.5 Å². The first-order valence-corrected chi connectivity index (χ1v) is 11.9. The summed E-state index contributed by atoms with van der Waals surface area (Å²) in [6.07, 6.45) is 0.996. The molecule has 2 saturated heterocycles. The number of hydrogen-bond acceptors (Lipinski definition) is 8. The normalized spacial score (nSPS) is 22.7. The van der Waals surface area contributed by atoms with Gasteiger partial charge >= 0.3 is 0 Å². The third-order valence-electron chi connectivity index (χ3n) is 5.79. The number of halogens is 1. The molecule has 0 saturated carbocycles. The molecule has 2 fully saturated rings. The molecule has 162 valence electrons. The standard InChI is InChI=1S/C22H22FN3O3S2/c1-12-25-14-3-4-16(28-2)20(23)19(14)21(26-12)30-10-15(27)17-5-6-18(31-17)22-7-13(9-29-22)8-24-11-22/h3-6,13,24H,7-11H2,1-2H3/t13-,22+/m1/s1. The Balaban J connectivity index is 1.37. The number of carbonyl (C=O) groups excluding carboxylic acids is 1. The fourth-order valence-corrected chi connectivity index (χ4v) is 6.44. The van der Waals surface area contributed by atoms with Gasteiger partial charge in [-0.1, -0.05) is 11.8 Å². The Morgan fingerprint density at radius 1 is 1.39 bits per heavy atom. The molecule has 2 aliphatic heterocycles. The third-order valence-corrected chi connectivity index (χ3v) is 8.08. The molecule has 0 aliphatic carbocycles. The quantitative estimate of drug-likeness (QED) is 0.340. The molecule has 2 atom stereocenters. The van der Waals surface area contributed by atoms with E-state index in [1.807, 2.05) is 12.1 Å². The maximum atomic E-state index is 14.9. The summed E-state index contributed by atoms with van der Waals surface area (Å²) in [6, 6.07) is 7.13. The van der Waals surface area contributed by atoms with Gasteiger partial charge in [0.15, 0.2) is 17.3 Å². The van der Waals surface area contributed by atoms with Crippen molar-refractivity contribution in [2.75, 3.05) is 32.6 Å². The van der Waals surface area contributed by atoms with Crippen LogP contribution in [0.1, 0.15) is 26.8 Å². The van der Waals surface area contributed by atoms with Gasteiger partial charge in [-0.2, -0.15) is 0 Å². The number of ether oxygens (including phenoxy) is 2. The zero-order chi connectivity index (χ0) is 21.6. The number of Topliss-reactive ketones (excluding diaryl/α,β-unsaturated/α-hetero) is 1. The highest BCUT2D eigenvalue weighted by Gasteiger charge is 2.45. The van der Waals surface area contributed by atoms with Crippen molar-refractivity contribution in [1.82, 2.24) is 15.3 Å². The lowest BCUT2D eigenvalue weighted by molar-refractivity contribution is 0.00727. The van der Waals surface area contributed by atoms with Crippen LogP contribution in [0.5, 0.6) is 5.75 Å². The molecule has 2 aromatic heterocycles. The van der Waals surface area contributed by atoms with Gasteiger partial charge in [0.2, 0.25) is 0 Å². The van der Waals surface area contributed by atoms with Crippen LogP contribution < -0.4 is 10.1 Å². The van der Waals surface area contributed by atoms with Crippen molar-refractivity contribution in [2.45, 2.75) is 24.0 Å². The van der Waals surface area contributed by atoms with Gasteiger partial charge < -0.3 is 14.8 Å². The number of aromatic nitrogens is 2. The number of fused-ring (bicyclic) bond motifs is 3. The minimum Gasteiger partial charge on any atom is -0.494 e. The van der Waals surface area contributed by atoms with Crippen LogP contribution in [-0.2, 0) is 10.3 Å². The summed E-state index contributed by atoms with van der Waals surface area (Å²) < 4.78 is 26.1. The van der Waals surface area contributed by atoms with Crippen molar-refractivity contribution in [3.8, 4) is 5.75 Å². The summed E-state index contributed by atoms with van der Waals surface area (Å²) in [5.74, 6) is 0.839. The first kappa shape index (κ1) is 20.8. The van der Waals surface area contributed by atoms with Crippen LogP contribution in [0.4, 0.5) is 4.39 Å². The van der Waals surface area contributed by atoms with Crippen LogP contribution >= 0.6 is 23.1 Å². The van der Waals surface area contributed by atoms with E-state index in [2.05, 4.69) is 15.3 Å². The van der Waals surface area contributed by atoms with Gasteiger partial charge in [-0.3, -0.25) is 4.79 Å². The topological polar surface area (TPSA) is 73.3 Å². The van der Waals surface area contributed by atoms with E-state index in [4.69, 9.17) is 9.47 Å². The Kier molecular flexibility index (Phi) is 5.45. The number of nitrogens with one attached hydrogen (secondary N) is 1. The summed E-state index contributed by atoms with van der Waals surface area (Å²) in [4.78, 5) is 23.4. The molecule has 31 heavy (non-hydrogen) atoms. The highest BCUT2D eigenvalue weighted by molar-refractivity contribution is 8.00. The monoisotopic (exact) mass is 459 g/mol. The lowest BCUT2D eigenvalue weighted by Crippen LogP contribution is -2.42. The van der Waals surface area contributed by atoms with Crippen LogP contribution in [-0.4, -0.2) is 48.3 Å². The van der Waals surface area contributed by atoms with Gasteiger partial charge in [0.25, 0.3) is 0 Å². The van der Waals surface area contributed by atoms with E-state index < -0.39 is 5.82 Å². The zero-order valence-corrected chi connectivity index (χ0v) is 18.9. The molecule has 0 spiro atoms. The number of ketones is 1. The van der Waals surface area contributed by atoms with E-state index in [9.17, 15) is 9.18 Å². The van der Waals surface area contributed by atoms with E-state index >= 15 is 0 Å². The zero-order valence-electron chi connectivity index (χ0n) is 17.2. The number of rotatable bonds is 6. The number of carbonyl (C=O) groups is 1. The highest BCUT2D eigenvalue weighted by atomic mass is 32.2. The fourth-order valence-electron chi connectivity index (χ4n) is 4.30. The molecule has 9 heteroatoms. The predicted molar refractivity (Wildman–Crippen MR) is 119 cm³/mol. The SMILES string of the molecule is COc1ccc2nc(C)nc(SCC(=O)c3ccc([C@]45CNC[C@H](CO4)C5)s3)c2c1F. The Morgan fingerprint density at radius 3 is 3.10 bits per heavy atom. The molecule has 4 heterocycles. The molecule has 1 N–H and O–H groups in total. The number of methoxy groups -OCH3 is 1. The molecule has 6 nitrogen and oxygen atoms in total.